The highest BCUT2D eigenvalue weighted by molar-refractivity contribution is 5.95. The zero-order valence-electron chi connectivity index (χ0n) is 19.2. The molecule has 0 unspecified atom stereocenters. The number of piperidine rings is 1. The zero-order chi connectivity index (χ0) is 23.3. The molecule has 1 fully saturated rings. The number of hydrogen-bond acceptors (Lipinski definition) is 5. The van der Waals surface area contributed by atoms with Crippen LogP contribution < -0.4 is 4.74 Å². The first-order valence-corrected chi connectivity index (χ1v) is 11.6. The Bertz CT molecular complexity index is 1250. The van der Waals surface area contributed by atoms with Gasteiger partial charge in [-0.05, 0) is 43.5 Å². The van der Waals surface area contributed by atoms with Gasteiger partial charge >= 0.3 is 0 Å². The first-order chi connectivity index (χ1) is 16.7. The Morgan fingerprint density at radius 2 is 1.79 bits per heavy atom. The third kappa shape index (κ3) is 4.98. The van der Waals surface area contributed by atoms with Crippen molar-refractivity contribution in [3.63, 3.8) is 0 Å². The summed E-state index contributed by atoms with van der Waals surface area (Å²) in [6.45, 7) is 3.93. The van der Waals surface area contributed by atoms with E-state index in [2.05, 4.69) is 9.97 Å². The summed E-state index contributed by atoms with van der Waals surface area (Å²) in [5.41, 5.74) is 2.63. The Morgan fingerprint density at radius 1 is 1.03 bits per heavy atom. The molecule has 7 heteroatoms. The lowest BCUT2D eigenvalue weighted by molar-refractivity contribution is 0.0709. The maximum Gasteiger partial charge on any atom is 0.254 e. The van der Waals surface area contributed by atoms with Crippen LogP contribution in [0.25, 0.3) is 0 Å². The van der Waals surface area contributed by atoms with Gasteiger partial charge in [-0.2, -0.15) is 4.98 Å². The van der Waals surface area contributed by atoms with Gasteiger partial charge in [0.2, 0.25) is 5.88 Å². The van der Waals surface area contributed by atoms with Gasteiger partial charge in [-0.1, -0.05) is 36.4 Å². The fourth-order valence-corrected chi connectivity index (χ4v) is 4.36. The number of hydrogen-bond donors (Lipinski definition) is 0. The molecule has 34 heavy (non-hydrogen) atoms. The predicted molar refractivity (Wildman–Crippen MR) is 129 cm³/mol. The van der Waals surface area contributed by atoms with Crippen LogP contribution in [0.5, 0.6) is 11.6 Å². The Kier molecular flexibility index (Phi) is 6.33. The molecule has 4 aromatic rings. The van der Waals surface area contributed by atoms with Gasteiger partial charge in [-0.15, -0.1) is 0 Å². The standard InChI is InChI=1S/C27H27N5O2/c1-20-17-25(34-23-8-3-2-4-9-23)30-26(29-20)21-11-14-32(15-12-21)27(33)24-10-6-5-7-22(24)18-31-16-13-28-19-31/h2-10,13,16-17,19,21H,11-12,14-15,18H2,1H3. The van der Waals surface area contributed by atoms with Crippen LogP contribution in [-0.4, -0.2) is 43.4 Å². The average Bonchev–Trinajstić information content (AvgIpc) is 3.37. The Labute approximate surface area is 199 Å². The molecule has 0 spiro atoms. The van der Waals surface area contributed by atoms with Crippen LogP contribution in [0.2, 0.25) is 0 Å². The fraction of sp³-hybridized carbons (Fsp3) is 0.259. The van der Waals surface area contributed by atoms with Crippen molar-refractivity contribution in [2.45, 2.75) is 32.2 Å². The van der Waals surface area contributed by atoms with E-state index in [0.717, 1.165) is 41.2 Å². The summed E-state index contributed by atoms with van der Waals surface area (Å²) in [5, 5.41) is 0. The summed E-state index contributed by atoms with van der Waals surface area (Å²) in [4.78, 5) is 28.8. The number of para-hydroxylation sites is 1. The molecular formula is C27H27N5O2. The molecule has 0 atom stereocenters. The van der Waals surface area contributed by atoms with E-state index in [1.165, 1.54) is 0 Å². The molecule has 0 radical (unpaired) electrons. The molecule has 0 aliphatic carbocycles. The third-order valence-electron chi connectivity index (χ3n) is 6.12. The maximum atomic E-state index is 13.4. The van der Waals surface area contributed by atoms with Crippen molar-refractivity contribution >= 4 is 5.91 Å². The number of rotatable bonds is 6. The van der Waals surface area contributed by atoms with Crippen molar-refractivity contribution in [2.75, 3.05) is 13.1 Å². The lowest BCUT2D eigenvalue weighted by Gasteiger charge is -2.32. The SMILES string of the molecule is Cc1cc(Oc2ccccc2)nc(C2CCN(C(=O)c3ccccc3Cn3ccnc3)CC2)n1. The topological polar surface area (TPSA) is 73.1 Å². The van der Waals surface area contributed by atoms with Gasteiger partial charge in [0.15, 0.2) is 0 Å². The van der Waals surface area contributed by atoms with E-state index in [1.54, 1.807) is 12.5 Å². The van der Waals surface area contributed by atoms with Gasteiger partial charge in [0.1, 0.15) is 11.6 Å². The van der Waals surface area contributed by atoms with E-state index in [1.807, 2.05) is 83.3 Å². The molecule has 2 aromatic heterocycles. The van der Waals surface area contributed by atoms with Crippen LogP contribution in [0.1, 0.15) is 46.2 Å². The van der Waals surface area contributed by atoms with Gasteiger partial charge in [-0.25, -0.2) is 9.97 Å². The number of carbonyl (C=O) groups is 1. The quantitative estimate of drug-likeness (QED) is 0.418. The molecule has 0 N–H and O–H groups in total. The van der Waals surface area contributed by atoms with E-state index in [0.29, 0.717) is 25.5 Å². The van der Waals surface area contributed by atoms with Crippen molar-refractivity contribution in [3.8, 4) is 11.6 Å². The second-order valence-electron chi connectivity index (χ2n) is 8.58. The van der Waals surface area contributed by atoms with E-state index in [4.69, 9.17) is 9.72 Å². The number of carbonyl (C=O) groups excluding carboxylic acids is 1. The minimum absolute atomic E-state index is 0.0763. The van der Waals surface area contributed by atoms with E-state index < -0.39 is 0 Å². The Hall–Kier alpha value is -4.00. The highest BCUT2D eigenvalue weighted by atomic mass is 16.5. The summed E-state index contributed by atoms with van der Waals surface area (Å²) in [6.07, 6.45) is 7.07. The number of benzene rings is 2. The zero-order valence-corrected chi connectivity index (χ0v) is 19.2. The van der Waals surface area contributed by atoms with Crippen LogP contribution in [0, 0.1) is 6.92 Å². The minimum Gasteiger partial charge on any atom is -0.439 e. The maximum absolute atomic E-state index is 13.4. The average molecular weight is 454 g/mol. The number of amides is 1. The number of aryl methyl sites for hydroxylation is 1. The van der Waals surface area contributed by atoms with Gasteiger partial charge in [0, 0.05) is 55.3 Å². The van der Waals surface area contributed by atoms with E-state index >= 15 is 0 Å². The van der Waals surface area contributed by atoms with Crippen molar-refractivity contribution in [1.29, 1.82) is 0 Å². The second kappa shape index (κ2) is 9.87. The van der Waals surface area contributed by atoms with Crippen LogP contribution in [0.4, 0.5) is 0 Å². The smallest absolute Gasteiger partial charge is 0.254 e. The Morgan fingerprint density at radius 3 is 2.56 bits per heavy atom. The lowest BCUT2D eigenvalue weighted by Crippen LogP contribution is -2.38. The van der Waals surface area contributed by atoms with Gasteiger partial charge in [0.05, 0.1) is 6.33 Å². The van der Waals surface area contributed by atoms with Gasteiger partial charge in [0.25, 0.3) is 5.91 Å². The molecule has 5 rings (SSSR count). The summed E-state index contributed by atoms with van der Waals surface area (Å²) < 4.78 is 7.92. The first-order valence-electron chi connectivity index (χ1n) is 11.6. The molecule has 1 aliphatic heterocycles. The minimum atomic E-state index is 0.0763. The number of likely N-dealkylation sites (tertiary alicyclic amines) is 1. The number of nitrogens with zero attached hydrogens (tertiary/aromatic N) is 5. The van der Waals surface area contributed by atoms with Gasteiger partial charge in [-0.3, -0.25) is 4.79 Å². The normalized spacial score (nSPS) is 14.2. The molecule has 1 aliphatic rings. The molecule has 0 bridgehead atoms. The summed E-state index contributed by atoms with van der Waals surface area (Å²) >= 11 is 0. The third-order valence-corrected chi connectivity index (χ3v) is 6.12. The van der Waals surface area contributed by atoms with Crippen LogP contribution >= 0.6 is 0 Å². The molecule has 1 amide bonds. The largest absolute Gasteiger partial charge is 0.439 e. The number of imidazole rings is 1. The van der Waals surface area contributed by atoms with Crippen molar-refractivity contribution < 1.29 is 9.53 Å². The van der Waals surface area contributed by atoms with Crippen LogP contribution in [0.3, 0.4) is 0 Å². The molecular weight excluding hydrogens is 426 g/mol. The van der Waals surface area contributed by atoms with E-state index in [9.17, 15) is 4.79 Å². The highest BCUT2D eigenvalue weighted by Crippen LogP contribution is 2.29. The fourth-order valence-electron chi connectivity index (χ4n) is 4.36. The number of ether oxygens (including phenoxy) is 1. The van der Waals surface area contributed by atoms with Crippen molar-refractivity contribution in [2.24, 2.45) is 0 Å². The lowest BCUT2D eigenvalue weighted by atomic mass is 9.95. The molecule has 7 nitrogen and oxygen atoms in total. The van der Waals surface area contributed by atoms with Gasteiger partial charge < -0.3 is 14.2 Å². The number of aromatic nitrogens is 4. The van der Waals surface area contributed by atoms with Crippen LogP contribution in [0.15, 0.2) is 79.4 Å². The summed E-state index contributed by atoms with van der Waals surface area (Å²) in [5.74, 6) is 2.37. The van der Waals surface area contributed by atoms with Crippen molar-refractivity contribution in [3.05, 3.63) is 102 Å². The molecule has 3 heterocycles. The van der Waals surface area contributed by atoms with Crippen LogP contribution in [-0.2, 0) is 6.54 Å². The molecule has 0 saturated carbocycles. The molecule has 1 saturated heterocycles. The summed E-state index contributed by atoms with van der Waals surface area (Å²) in [7, 11) is 0. The second-order valence-corrected chi connectivity index (χ2v) is 8.58. The highest BCUT2D eigenvalue weighted by Gasteiger charge is 2.27. The van der Waals surface area contributed by atoms with E-state index in [-0.39, 0.29) is 11.8 Å². The summed E-state index contributed by atoms with van der Waals surface area (Å²) in [6, 6.07) is 19.3. The van der Waals surface area contributed by atoms with Crippen molar-refractivity contribution in [1.82, 2.24) is 24.4 Å². The molecule has 172 valence electrons. The first kappa shape index (κ1) is 21.8. The Balaban J connectivity index is 1.26. The monoisotopic (exact) mass is 453 g/mol. The molecule has 2 aromatic carbocycles. The predicted octanol–water partition coefficient (Wildman–Crippen LogP) is 4.84.